The number of halogens is 2. The van der Waals surface area contributed by atoms with Crippen LogP contribution in [0, 0.1) is 11.3 Å². The third kappa shape index (κ3) is 5.26. The molecule has 0 atom stereocenters. The van der Waals surface area contributed by atoms with Gasteiger partial charge >= 0.3 is 0 Å². The summed E-state index contributed by atoms with van der Waals surface area (Å²) in [5, 5.41) is 4.60. The molecule has 1 nitrogen and oxygen atoms in total. The van der Waals surface area contributed by atoms with Crippen molar-refractivity contribution in [2.45, 2.75) is 52.4 Å². The molecule has 0 amide bonds. The van der Waals surface area contributed by atoms with Crippen LogP contribution in [0.2, 0.25) is 5.02 Å². The molecule has 1 aromatic rings. The third-order valence-electron chi connectivity index (χ3n) is 4.55. The fourth-order valence-corrected chi connectivity index (χ4v) is 4.15. The average molecular weight is 373 g/mol. The Kier molecular flexibility index (Phi) is 6.58. The SMILES string of the molecule is CC(C)CNCC1(Cc2ccc(Br)cc2Cl)CCCCC1. The lowest BCUT2D eigenvalue weighted by Crippen LogP contribution is -2.39. The lowest BCUT2D eigenvalue weighted by molar-refractivity contribution is 0.179. The zero-order valence-electron chi connectivity index (χ0n) is 13.2. The van der Waals surface area contributed by atoms with Gasteiger partial charge in [0.15, 0.2) is 0 Å². The maximum Gasteiger partial charge on any atom is 0.0449 e. The highest BCUT2D eigenvalue weighted by Crippen LogP contribution is 2.40. The second kappa shape index (κ2) is 7.99. The number of nitrogens with one attached hydrogen (secondary N) is 1. The quantitative estimate of drug-likeness (QED) is 0.661. The summed E-state index contributed by atoms with van der Waals surface area (Å²) >= 11 is 9.94. The maximum absolute atomic E-state index is 6.44. The molecular formula is C18H27BrClN. The van der Waals surface area contributed by atoms with Crippen LogP contribution in [-0.2, 0) is 6.42 Å². The van der Waals surface area contributed by atoms with Crippen molar-refractivity contribution in [2.75, 3.05) is 13.1 Å². The van der Waals surface area contributed by atoms with E-state index >= 15 is 0 Å². The second-order valence-corrected chi connectivity index (χ2v) is 8.32. The summed E-state index contributed by atoms with van der Waals surface area (Å²) in [5.41, 5.74) is 1.69. The Morgan fingerprint density at radius 1 is 1.24 bits per heavy atom. The van der Waals surface area contributed by atoms with E-state index in [2.05, 4.69) is 47.2 Å². The molecule has 0 bridgehead atoms. The van der Waals surface area contributed by atoms with Crippen LogP contribution in [0.5, 0.6) is 0 Å². The molecule has 21 heavy (non-hydrogen) atoms. The molecule has 1 aliphatic rings. The maximum atomic E-state index is 6.44. The molecule has 0 radical (unpaired) electrons. The van der Waals surface area contributed by atoms with Crippen LogP contribution in [0.25, 0.3) is 0 Å². The molecule has 1 N–H and O–H groups in total. The number of hydrogen-bond acceptors (Lipinski definition) is 1. The molecule has 0 aromatic heterocycles. The van der Waals surface area contributed by atoms with Crippen LogP contribution >= 0.6 is 27.5 Å². The first kappa shape index (κ1) is 17.3. The van der Waals surface area contributed by atoms with Crippen molar-refractivity contribution < 1.29 is 0 Å². The van der Waals surface area contributed by atoms with E-state index in [1.54, 1.807) is 0 Å². The first-order valence-corrected chi connectivity index (χ1v) is 9.32. The smallest absolute Gasteiger partial charge is 0.0449 e. The Hall–Kier alpha value is -0.0500. The monoisotopic (exact) mass is 371 g/mol. The van der Waals surface area contributed by atoms with Crippen LogP contribution in [0.15, 0.2) is 22.7 Å². The Labute approximate surface area is 143 Å². The molecule has 0 heterocycles. The third-order valence-corrected chi connectivity index (χ3v) is 5.39. The fraction of sp³-hybridized carbons (Fsp3) is 0.667. The number of rotatable bonds is 6. The highest BCUT2D eigenvalue weighted by atomic mass is 79.9. The van der Waals surface area contributed by atoms with Crippen LogP contribution in [0.1, 0.15) is 51.5 Å². The summed E-state index contributed by atoms with van der Waals surface area (Å²) in [6.07, 6.45) is 7.86. The topological polar surface area (TPSA) is 12.0 Å². The minimum Gasteiger partial charge on any atom is -0.316 e. The summed E-state index contributed by atoms with van der Waals surface area (Å²) in [6, 6.07) is 6.32. The normalized spacial score (nSPS) is 18.1. The van der Waals surface area contributed by atoms with Gasteiger partial charge in [0.25, 0.3) is 0 Å². The van der Waals surface area contributed by atoms with Gasteiger partial charge in [-0.05, 0) is 54.8 Å². The van der Waals surface area contributed by atoms with Crippen LogP contribution in [0.3, 0.4) is 0 Å². The lowest BCUT2D eigenvalue weighted by atomic mass is 9.70. The highest BCUT2D eigenvalue weighted by Gasteiger charge is 2.32. The Balaban J connectivity index is 2.08. The van der Waals surface area contributed by atoms with Crippen LogP contribution < -0.4 is 5.32 Å². The standard InChI is InChI=1S/C18H27BrClN/c1-14(2)12-21-13-18(8-4-3-5-9-18)11-15-6-7-16(19)10-17(15)20/h6-7,10,14,21H,3-5,8-9,11-13H2,1-2H3. The molecule has 1 aliphatic carbocycles. The van der Waals surface area contributed by atoms with Gasteiger partial charge in [-0.15, -0.1) is 0 Å². The van der Waals surface area contributed by atoms with Gasteiger partial charge in [0.1, 0.15) is 0 Å². The van der Waals surface area contributed by atoms with E-state index in [9.17, 15) is 0 Å². The van der Waals surface area contributed by atoms with Gasteiger partial charge in [0.05, 0.1) is 0 Å². The molecule has 2 rings (SSSR count). The zero-order chi connectivity index (χ0) is 15.3. The molecular weight excluding hydrogens is 346 g/mol. The predicted octanol–water partition coefficient (Wildman–Crippen LogP) is 5.84. The minimum absolute atomic E-state index is 0.393. The highest BCUT2D eigenvalue weighted by molar-refractivity contribution is 9.10. The molecule has 1 fully saturated rings. The minimum atomic E-state index is 0.393. The average Bonchev–Trinajstić information content (AvgIpc) is 2.43. The lowest BCUT2D eigenvalue weighted by Gasteiger charge is -2.38. The van der Waals surface area contributed by atoms with Crippen LogP contribution in [-0.4, -0.2) is 13.1 Å². The largest absolute Gasteiger partial charge is 0.316 e. The van der Waals surface area contributed by atoms with E-state index in [1.165, 1.54) is 37.7 Å². The van der Waals surface area contributed by atoms with Gasteiger partial charge in [-0.1, -0.05) is 66.7 Å². The summed E-state index contributed by atoms with van der Waals surface area (Å²) in [5.74, 6) is 0.710. The number of hydrogen-bond donors (Lipinski definition) is 1. The van der Waals surface area contributed by atoms with Gasteiger partial charge in [-0.2, -0.15) is 0 Å². The van der Waals surface area contributed by atoms with Gasteiger partial charge < -0.3 is 5.32 Å². The molecule has 1 aromatic carbocycles. The Bertz CT molecular complexity index is 453. The van der Waals surface area contributed by atoms with E-state index in [0.717, 1.165) is 29.0 Å². The predicted molar refractivity (Wildman–Crippen MR) is 96.1 cm³/mol. The van der Waals surface area contributed by atoms with Crippen molar-refractivity contribution in [3.63, 3.8) is 0 Å². The second-order valence-electron chi connectivity index (χ2n) is 7.00. The molecule has 3 heteroatoms. The van der Waals surface area contributed by atoms with E-state index in [0.29, 0.717) is 11.3 Å². The molecule has 0 unspecified atom stereocenters. The first-order chi connectivity index (χ1) is 10.0. The molecule has 0 saturated heterocycles. The zero-order valence-corrected chi connectivity index (χ0v) is 15.6. The van der Waals surface area contributed by atoms with Gasteiger partial charge in [0.2, 0.25) is 0 Å². The van der Waals surface area contributed by atoms with Gasteiger partial charge in [-0.25, -0.2) is 0 Å². The molecule has 1 saturated carbocycles. The Morgan fingerprint density at radius 2 is 1.95 bits per heavy atom. The van der Waals surface area contributed by atoms with E-state index < -0.39 is 0 Å². The molecule has 0 spiro atoms. The molecule has 118 valence electrons. The molecule has 0 aliphatic heterocycles. The van der Waals surface area contributed by atoms with Crippen molar-refractivity contribution in [1.82, 2.24) is 5.32 Å². The summed E-state index contributed by atoms with van der Waals surface area (Å²) in [6.45, 7) is 6.77. The first-order valence-electron chi connectivity index (χ1n) is 8.15. The van der Waals surface area contributed by atoms with Gasteiger partial charge in [-0.3, -0.25) is 0 Å². The summed E-state index contributed by atoms with van der Waals surface area (Å²) < 4.78 is 1.06. The van der Waals surface area contributed by atoms with E-state index in [1.807, 2.05) is 6.07 Å². The van der Waals surface area contributed by atoms with E-state index in [4.69, 9.17) is 11.6 Å². The van der Waals surface area contributed by atoms with Crippen molar-refractivity contribution in [2.24, 2.45) is 11.3 Å². The van der Waals surface area contributed by atoms with E-state index in [-0.39, 0.29) is 0 Å². The van der Waals surface area contributed by atoms with Crippen molar-refractivity contribution in [3.8, 4) is 0 Å². The summed E-state index contributed by atoms with van der Waals surface area (Å²) in [4.78, 5) is 0. The number of benzene rings is 1. The van der Waals surface area contributed by atoms with Crippen LogP contribution in [0.4, 0.5) is 0 Å². The van der Waals surface area contributed by atoms with Crippen molar-refractivity contribution in [3.05, 3.63) is 33.3 Å². The van der Waals surface area contributed by atoms with Crippen molar-refractivity contribution >= 4 is 27.5 Å². The fourth-order valence-electron chi connectivity index (χ4n) is 3.41. The summed E-state index contributed by atoms with van der Waals surface area (Å²) in [7, 11) is 0. The Morgan fingerprint density at radius 3 is 2.57 bits per heavy atom. The van der Waals surface area contributed by atoms with Gasteiger partial charge in [0, 0.05) is 16.0 Å². The van der Waals surface area contributed by atoms with Crippen molar-refractivity contribution in [1.29, 1.82) is 0 Å².